The lowest BCUT2D eigenvalue weighted by Gasteiger charge is -2.07. The Balaban J connectivity index is 2.56. The summed E-state index contributed by atoms with van der Waals surface area (Å²) in [6, 6.07) is 3.53. The highest BCUT2D eigenvalue weighted by molar-refractivity contribution is 5.66. The molecule has 0 aliphatic rings. The Hall–Kier alpha value is -1.25. The largest absolute Gasteiger partial charge is 0.465 e. The first-order valence-corrected chi connectivity index (χ1v) is 3.41. The van der Waals surface area contributed by atoms with E-state index in [1.165, 1.54) is 6.92 Å². The van der Waals surface area contributed by atoms with Gasteiger partial charge in [-0.05, 0) is 19.1 Å². The number of carbonyl (C=O) groups excluding carboxylic acids is 1. The Bertz CT molecular complexity index is 225. The van der Waals surface area contributed by atoms with Gasteiger partial charge in [-0.2, -0.15) is 0 Å². The molecule has 0 saturated carbocycles. The van der Waals surface area contributed by atoms with Gasteiger partial charge in [-0.3, -0.25) is 4.79 Å². The van der Waals surface area contributed by atoms with Crippen LogP contribution in [0.1, 0.15) is 25.7 Å². The molecular formula is C8H10O3. The maximum absolute atomic E-state index is 10.5. The van der Waals surface area contributed by atoms with Crippen molar-refractivity contribution in [1.29, 1.82) is 0 Å². The number of esters is 1. The second-order valence-corrected chi connectivity index (χ2v) is 2.27. The van der Waals surface area contributed by atoms with Crippen LogP contribution in [0.15, 0.2) is 22.8 Å². The van der Waals surface area contributed by atoms with Crippen molar-refractivity contribution in [2.45, 2.75) is 20.0 Å². The quantitative estimate of drug-likeness (QED) is 0.611. The molecule has 0 spiro atoms. The van der Waals surface area contributed by atoms with Crippen LogP contribution in [0.4, 0.5) is 0 Å². The van der Waals surface area contributed by atoms with Gasteiger partial charge in [-0.25, -0.2) is 0 Å². The van der Waals surface area contributed by atoms with Crippen molar-refractivity contribution in [2.24, 2.45) is 0 Å². The van der Waals surface area contributed by atoms with Crippen LogP contribution in [0, 0.1) is 0 Å². The summed E-state index contributed by atoms with van der Waals surface area (Å²) >= 11 is 0. The molecule has 0 aliphatic heterocycles. The van der Waals surface area contributed by atoms with Gasteiger partial charge in [0, 0.05) is 6.92 Å². The van der Waals surface area contributed by atoms with Crippen molar-refractivity contribution in [1.82, 2.24) is 0 Å². The molecule has 1 atom stereocenters. The number of hydrogen-bond acceptors (Lipinski definition) is 3. The van der Waals surface area contributed by atoms with Crippen LogP contribution >= 0.6 is 0 Å². The molecule has 1 aromatic heterocycles. The first-order valence-electron chi connectivity index (χ1n) is 3.41. The normalized spacial score (nSPS) is 12.5. The lowest BCUT2D eigenvalue weighted by Crippen LogP contribution is -2.03. The lowest BCUT2D eigenvalue weighted by molar-refractivity contribution is -0.146. The molecule has 0 radical (unpaired) electrons. The topological polar surface area (TPSA) is 39.4 Å². The van der Waals surface area contributed by atoms with Crippen LogP contribution in [-0.4, -0.2) is 5.97 Å². The van der Waals surface area contributed by atoms with E-state index in [-0.39, 0.29) is 12.1 Å². The average Bonchev–Trinajstić information content (AvgIpc) is 2.35. The molecule has 1 aromatic rings. The highest BCUT2D eigenvalue weighted by Crippen LogP contribution is 2.16. The van der Waals surface area contributed by atoms with Gasteiger partial charge in [0.15, 0.2) is 6.10 Å². The van der Waals surface area contributed by atoms with Gasteiger partial charge >= 0.3 is 5.97 Å². The molecular weight excluding hydrogens is 144 g/mol. The van der Waals surface area contributed by atoms with Gasteiger partial charge in [0.1, 0.15) is 5.76 Å². The van der Waals surface area contributed by atoms with Crippen LogP contribution in [-0.2, 0) is 9.53 Å². The summed E-state index contributed by atoms with van der Waals surface area (Å²) < 4.78 is 9.88. The zero-order valence-corrected chi connectivity index (χ0v) is 6.53. The van der Waals surface area contributed by atoms with Crippen molar-refractivity contribution in [3.05, 3.63) is 24.2 Å². The molecule has 0 N–H and O–H groups in total. The second-order valence-electron chi connectivity index (χ2n) is 2.27. The Morgan fingerprint density at radius 2 is 2.45 bits per heavy atom. The van der Waals surface area contributed by atoms with E-state index in [4.69, 9.17) is 9.15 Å². The average molecular weight is 154 g/mol. The molecule has 0 aliphatic carbocycles. The van der Waals surface area contributed by atoms with Crippen molar-refractivity contribution in [3.63, 3.8) is 0 Å². The molecule has 0 saturated heterocycles. The number of rotatable bonds is 2. The number of hydrogen-bond donors (Lipinski definition) is 0. The third-order valence-electron chi connectivity index (χ3n) is 1.29. The Kier molecular flexibility index (Phi) is 2.31. The summed E-state index contributed by atoms with van der Waals surface area (Å²) in [4.78, 5) is 10.5. The molecule has 0 aromatic carbocycles. The van der Waals surface area contributed by atoms with Gasteiger partial charge in [-0.1, -0.05) is 0 Å². The molecule has 11 heavy (non-hydrogen) atoms. The summed E-state index contributed by atoms with van der Waals surface area (Å²) in [6.45, 7) is 3.14. The minimum Gasteiger partial charge on any atom is -0.465 e. The Morgan fingerprint density at radius 3 is 2.91 bits per heavy atom. The Morgan fingerprint density at radius 1 is 1.73 bits per heavy atom. The highest BCUT2D eigenvalue weighted by Gasteiger charge is 2.09. The van der Waals surface area contributed by atoms with Crippen LogP contribution in [0.2, 0.25) is 0 Å². The fraction of sp³-hybridized carbons (Fsp3) is 0.375. The van der Waals surface area contributed by atoms with Crippen LogP contribution in [0.5, 0.6) is 0 Å². The summed E-state index contributed by atoms with van der Waals surface area (Å²) in [5.74, 6) is 0.370. The first kappa shape index (κ1) is 7.85. The molecule has 1 rings (SSSR count). The summed E-state index contributed by atoms with van der Waals surface area (Å²) in [6.07, 6.45) is 1.26. The molecule has 0 amide bonds. The van der Waals surface area contributed by atoms with E-state index in [9.17, 15) is 4.79 Å². The zero-order valence-electron chi connectivity index (χ0n) is 6.53. The van der Waals surface area contributed by atoms with Crippen LogP contribution in [0.3, 0.4) is 0 Å². The smallest absolute Gasteiger partial charge is 0.303 e. The van der Waals surface area contributed by atoms with E-state index < -0.39 is 0 Å². The Labute approximate surface area is 65.0 Å². The molecule has 3 nitrogen and oxygen atoms in total. The van der Waals surface area contributed by atoms with Crippen molar-refractivity contribution < 1.29 is 13.9 Å². The predicted octanol–water partition coefficient (Wildman–Crippen LogP) is 1.90. The molecule has 60 valence electrons. The molecule has 1 unspecified atom stereocenters. The van der Waals surface area contributed by atoms with Gasteiger partial charge in [0.2, 0.25) is 0 Å². The van der Waals surface area contributed by atoms with E-state index in [1.54, 1.807) is 25.3 Å². The van der Waals surface area contributed by atoms with Crippen molar-refractivity contribution in [3.8, 4) is 0 Å². The summed E-state index contributed by atoms with van der Waals surface area (Å²) in [5.41, 5.74) is 0. The van der Waals surface area contributed by atoms with E-state index in [1.807, 2.05) is 0 Å². The monoisotopic (exact) mass is 154 g/mol. The van der Waals surface area contributed by atoms with Crippen LogP contribution < -0.4 is 0 Å². The van der Waals surface area contributed by atoms with Crippen molar-refractivity contribution >= 4 is 5.97 Å². The predicted molar refractivity (Wildman–Crippen MR) is 38.9 cm³/mol. The standard InChI is InChI=1S/C8H10O3/c1-6(11-7(2)9)8-4-3-5-10-8/h3-6H,1-2H3. The number of carbonyl (C=O) groups is 1. The fourth-order valence-corrected chi connectivity index (χ4v) is 0.830. The van der Waals surface area contributed by atoms with E-state index >= 15 is 0 Å². The van der Waals surface area contributed by atoms with Gasteiger partial charge in [0.05, 0.1) is 6.26 Å². The lowest BCUT2D eigenvalue weighted by atomic mass is 10.3. The fourth-order valence-electron chi connectivity index (χ4n) is 0.830. The molecule has 1 heterocycles. The van der Waals surface area contributed by atoms with Gasteiger partial charge in [-0.15, -0.1) is 0 Å². The van der Waals surface area contributed by atoms with Crippen LogP contribution in [0.25, 0.3) is 0 Å². The third-order valence-corrected chi connectivity index (χ3v) is 1.29. The zero-order chi connectivity index (χ0) is 8.27. The first-order chi connectivity index (χ1) is 5.20. The minimum atomic E-state index is -0.297. The maximum atomic E-state index is 10.5. The maximum Gasteiger partial charge on any atom is 0.303 e. The highest BCUT2D eigenvalue weighted by atomic mass is 16.5. The SMILES string of the molecule is CC(=O)OC(C)c1ccco1. The summed E-state index contributed by atoms with van der Waals surface area (Å²) in [5, 5.41) is 0. The molecule has 0 bridgehead atoms. The van der Waals surface area contributed by atoms with Gasteiger partial charge in [0.25, 0.3) is 0 Å². The minimum absolute atomic E-state index is 0.289. The van der Waals surface area contributed by atoms with E-state index in [0.29, 0.717) is 5.76 Å². The second kappa shape index (κ2) is 3.23. The van der Waals surface area contributed by atoms with E-state index in [0.717, 1.165) is 0 Å². The van der Waals surface area contributed by atoms with Crippen molar-refractivity contribution in [2.75, 3.05) is 0 Å². The molecule has 3 heteroatoms. The third kappa shape index (κ3) is 2.11. The summed E-state index contributed by atoms with van der Waals surface area (Å²) in [7, 11) is 0. The molecule has 0 fully saturated rings. The van der Waals surface area contributed by atoms with Gasteiger partial charge < -0.3 is 9.15 Å². The number of furan rings is 1. The number of ether oxygens (including phenoxy) is 1. The van der Waals surface area contributed by atoms with E-state index in [2.05, 4.69) is 0 Å².